The zero-order valence-electron chi connectivity index (χ0n) is 22.5. The van der Waals surface area contributed by atoms with Crippen LogP contribution in [0.2, 0.25) is 0 Å². The topological polar surface area (TPSA) is 83.9 Å². The van der Waals surface area contributed by atoms with E-state index in [2.05, 4.69) is 9.80 Å². The first kappa shape index (κ1) is 26.4. The Balaban J connectivity index is 1.22. The van der Waals surface area contributed by atoms with E-state index in [4.69, 9.17) is 18.9 Å². The van der Waals surface area contributed by atoms with Gasteiger partial charge >= 0.3 is 0 Å². The summed E-state index contributed by atoms with van der Waals surface area (Å²) in [5, 5.41) is 22.1. The van der Waals surface area contributed by atoms with Gasteiger partial charge in [-0.25, -0.2) is 8.78 Å². The minimum atomic E-state index is -0.384. The summed E-state index contributed by atoms with van der Waals surface area (Å²) < 4.78 is 49.8. The van der Waals surface area contributed by atoms with Crippen molar-refractivity contribution in [2.24, 2.45) is 0 Å². The van der Waals surface area contributed by atoms with E-state index < -0.39 is 0 Å². The molecular weight excluding hydrogens is 546 g/mol. The van der Waals surface area contributed by atoms with Gasteiger partial charge in [0.15, 0.2) is 23.0 Å². The summed E-state index contributed by atoms with van der Waals surface area (Å²) in [6, 6.07) is 18.4. The molecule has 0 amide bonds. The monoisotopic (exact) mass is 574 g/mol. The van der Waals surface area contributed by atoms with Crippen LogP contribution in [0.4, 0.5) is 8.78 Å². The van der Waals surface area contributed by atoms with Crippen LogP contribution >= 0.6 is 0 Å². The molecule has 10 heteroatoms. The lowest BCUT2D eigenvalue weighted by molar-refractivity contribution is 0.0882. The van der Waals surface area contributed by atoms with Crippen LogP contribution in [0.3, 0.4) is 0 Å². The third kappa shape index (κ3) is 4.82. The summed E-state index contributed by atoms with van der Waals surface area (Å²) in [6.07, 6.45) is 0. The quantitative estimate of drug-likeness (QED) is 0.320. The van der Waals surface area contributed by atoms with Gasteiger partial charge in [0.2, 0.25) is 13.6 Å². The van der Waals surface area contributed by atoms with E-state index in [1.807, 2.05) is 0 Å². The maximum absolute atomic E-state index is 13.9. The Hall–Kier alpha value is -4.54. The van der Waals surface area contributed by atoms with E-state index in [9.17, 15) is 19.0 Å². The van der Waals surface area contributed by atoms with Gasteiger partial charge in [0.1, 0.15) is 23.1 Å². The molecule has 216 valence electrons. The number of rotatable bonds is 6. The predicted molar refractivity (Wildman–Crippen MR) is 148 cm³/mol. The Labute approximate surface area is 240 Å². The van der Waals surface area contributed by atoms with Crippen molar-refractivity contribution in [2.45, 2.75) is 12.1 Å². The Kier molecular flexibility index (Phi) is 6.72. The van der Waals surface area contributed by atoms with Crippen LogP contribution in [-0.4, -0.2) is 59.8 Å². The van der Waals surface area contributed by atoms with Crippen molar-refractivity contribution in [3.05, 3.63) is 107 Å². The summed E-state index contributed by atoms with van der Waals surface area (Å²) >= 11 is 0. The molecule has 0 spiro atoms. The van der Waals surface area contributed by atoms with Crippen LogP contribution in [0.1, 0.15) is 34.3 Å². The van der Waals surface area contributed by atoms with Crippen LogP contribution in [0, 0.1) is 11.6 Å². The van der Waals surface area contributed by atoms with Gasteiger partial charge in [0.05, 0.1) is 12.1 Å². The molecule has 8 nitrogen and oxygen atoms in total. The van der Waals surface area contributed by atoms with Crippen LogP contribution in [-0.2, 0) is 0 Å². The molecule has 42 heavy (non-hydrogen) atoms. The van der Waals surface area contributed by atoms with E-state index in [-0.39, 0.29) is 48.8 Å². The van der Waals surface area contributed by atoms with Gasteiger partial charge in [-0.05, 0) is 47.5 Å². The molecule has 3 heterocycles. The van der Waals surface area contributed by atoms with Crippen molar-refractivity contribution in [2.75, 3.05) is 39.8 Å². The third-order valence-electron chi connectivity index (χ3n) is 8.08. The van der Waals surface area contributed by atoms with Crippen molar-refractivity contribution in [1.82, 2.24) is 9.80 Å². The number of aromatic hydroxyl groups is 2. The van der Waals surface area contributed by atoms with E-state index in [0.29, 0.717) is 60.3 Å². The molecule has 0 unspecified atom stereocenters. The molecule has 0 aliphatic carbocycles. The SMILES string of the molecule is Oc1cc2c(cc1[C@@H](c1ccc(F)cc1)N1CCN([C@H](c3ccc(F)cc3)c3cc4c(cc3O)OCO4)CC1)OCO2. The minimum Gasteiger partial charge on any atom is -0.507 e. The average molecular weight is 575 g/mol. The summed E-state index contributed by atoms with van der Waals surface area (Å²) in [5.41, 5.74) is 2.90. The van der Waals surface area contributed by atoms with Crippen LogP contribution in [0.25, 0.3) is 0 Å². The summed E-state index contributed by atoms with van der Waals surface area (Å²) in [7, 11) is 0. The van der Waals surface area contributed by atoms with Gasteiger partial charge in [-0.3, -0.25) is 9.80 Å². The molecule has 4 aromatic carbocycles. The Morgan fingerprint density at radius 3 is 1.21 bits per heavy atom. The molecule has 2 N–H and O–H groups in total. The molecule has 0 saturated carbocycles. The molecule has 4 aromatic rings. The molecule has 3 aliphatic rings. The van der Waals surface area contributed by atoms with E-state index in [1.54, 1.807) is 48.5 Å². The van der Waals surface area contributed by atoms with Gasteiger partial charge in [-0.1, -0.05) is 24.3 Å². The highest BCUT2D eigenvalue weighted by atomic mass is 19.1. The van der Waals surface area contributed by atoms with Crippen molar-refractivity contribution < 1.29 is 37.9 Å². The van der Waals surface area contributed by atoms with Gasteiger partial charge < -0.3 is 29.2 Å². The second-order valence-electron chi connectivity index (χ2n) is 10.5. The molecule has 0 aromatic heterocycles. The molecule has 0 bridgehead atoms. The number of halogens is 2. The van der Waals surface area contributed by atoms with Gasteiger partial charge in [0.25, 0.3) is 0 Å². The highest BCUT2D eigenvalue weighted by molar-refractivity contribution is 5.55. The molecule has 1 fully saturated rings. The summed E-state index contributed by atoms with van der Waals surface area (Å²) in [4.78, 5) is 4.45. The number of hydrogen-bond acceptors (Lipinski definition) is 8. The van der Waals surface area contributed by atoms with Crippen molar-refractivity contribution >= 4 is 0 Å². The first-order chi connectivity index (χ1) is 20.4. The third-order valence-corrected chi connectivity index (χ3v) is 8.08. The number of benzene rings is 4. The molecule has 2 atom stereocenters. The van der Waals surface area contributed by atoms with Crippen LogP contribution in [0.5, 0.6) is 34.5 Å². The summed E-state index contributed by atoms with van der Waals surface area (Å²) in [5.74, 6) is 1.47. The lowest BCUT2D eigenvalue weighted by Gasteiger charge is -2.43. The van der Waals surface area contributed by atoms with Gasteiger partial charge in [-0.15, -0.1) is 0 Å². The molecule has 7 rings (SSSR count). The molecular formula is C32H28F2N2O6. The molecule has 3 aliphatic heterocycles. The van der Waals surface area contributed by atoms with Crippen LogP contribution in [0.15, 0.2) is 72.8 Å². The van der Waals surface area contributed by atoms with Gasteiger partial charge in [-0.2, -0.15) is 0 Å². The van der Waals surface area contributed by atoms with Crippen molar-refractivity contribution in [1.29, 1.82) is 0 Å². The predicted octanol–water partition coefficient (Wildman–Crippen LogP) is 5.33. The standard InChI is InChI=1S/C32H28F2N2O6/c33-21-5-1-19(2-6-21)31(23-13-27-29(15-25(23)37)41-17-39-27)35-9-11-36(12-10-35)32(20-3-7-22(34)8-4-20)24-14-28-30(16-26(24)38)42-18-40-28/h1-8,13-16,31-32,37-38H,9-12,17-18H2/t31-,32-/m1/s1. The molecule has 0 radical (unpaired) electrons. The first-order valence-corrected chi connectivity index (χ1v) is 13.7. The van der Waals surface area contributed by atoms with Crippen LogP contribution < -0.4 is 18.9 Å². The largest absolute Gasteiger partial charge is 0.507 e. The highest BCUT2D eigenvalue weighted by Gasteiger charge is 2.34. The number of ether oxygens (including phenoxy) is 4. The first-order valence-electron chi connectivity index (χ1n) is 13.7. The number of hydrogen-bond donors (Lipinski definition) is 2. The fourth-order valence-electron chi connectivity index (χ4n) is 6.05. The minimum absolute atomic E-state index is 0.0606. The van der Waals surface area contributed by atoms with E-state index in [1.165, 1.54) is 24.3 Å². The second-order valence-corrected chi connectivity index (χ2v) is 10.5. The lowest BCUT2D eigenvalue weighted by Crippen LogP contribution is -2.49. The van der Waals surface area contributed by atoms with Gasteiger partial charge in [0, 0.05) is 49.4 Å². The zero-order valence-corrected chi connectivity index (χ0v) is 22.5. The Bertz CT molecular complexity index is 1490. The number of fused-ring (bicyclic) bond motifs is 2. The smallest absolute Gasteiger partial charge is 0.231 e. The number of piperazine rings is 1. The maximum atomic E-state index is 13.9. The normalized spacial score (nSPS) is 17.8. The molecule has 1 saturated heterocycles. The lowest BCUT2D eigenvalue weighted by atomic mass is 9.93. The number of phenols is 2. The number of nitrogens with zero attached hydrogens (tertiary/aromatic N) is 2. The Morgan fingerprint density at radius 2 is 0.857 bits per heavy atom. The zero-order chi connectivity index (χ0) is 28.8. The van der Waals surface area contributed by atoms with E-state index in [0.717, 1.165) is 11.1 Å². The maximum Gasteiger partial charge on any atom is 0.231 e. The average Bonchev–Trinajstić information content (AvgIpc) is 3.65. The number of phenolic OH excluding ortho intramolecular Hbond substituents is 2. The fourth-order valence-corrected chi connectivity index (χ4v) is 6.05. The highest BCUT2D eigenvalue weighted by Crippen LogP contribution is 2.46. The fraction of sp³-hybridized carbons (Fsp3) is 0.250. The summed E-state index contributed by atoms with van der Waals surface area (Å²) in [6.45, 7) is 2.49. The van der Waals surface area contributed by atoms with E-state index >= 15 is 0 Å². The van der Waals surface area contributed by atoms with Crippen molar-refractivity contribution in [3.63, 3.8) is 0 Å². The van der Waals surface area contributed by atoms with Crippen molar-refractivity contribution in [3.8, 4) is 34.5 Å². The second kappa shape index (κ2) is 10.7. The Morgan fingerprint density at radius 1 is 0.524 bits per heavy atom.